The SMILES string of the molecule is [CH2]C/C=C/c1ccccn1. The van der Waals surface area contributed by atoms with E-state index >= 15 is 0 Å². The predicted octanol–water partition coefficient (Wildman–Crippen LogP) is 2.32. The van der Waals surface area contributed by atoms with Crippen LogP contribution in [0.15, 0.2) is 30.5 Å². The van der Waals surface area contributed by atoms with E-state index in [0.29, 0.717) is 0 Å². The molecular formula is C9H10N. The molecule has 0 saturated carbocycles. The fourth-order valence-electron chi connectivity index (χ4n) is 0.679. The van der Waals surface area contributed by atoms with Crippen molar-refractivity contribution in [2.45, 2.75) is 6.42 Å². The van der Waals surface area contributed by atoms with Crippen LogP contribution in [-0.2, 0) is 0 Å². The van der Waals surface area contributed by atoms with Crippen molar-refractivity contribution in [1.82, 2.24) is 4.98 Å². The van der Waals surface area contributed by atoms with Crippen molar-refractivity contribution in [3.8, 4) is 0 Å². The zero-order valence-corrected chi connectivity index (χ0v) is 5.83. The Labute approximate surface area is 61.4 Å². The van der Waals surface area contributed by atoms with Gasteiger partial charge in [0.15, 0.2) is 0 Å². The molecule has 0 unspecified atom stereocenters. The summed E-state index contributed by atoms with van der Waals surface area (Å²) in [5, 5.41) is 0. The number of pyridine rings is 1. The predicted molar refractivity (Wildman–Crippen MR) is 43.2 cm³/mol. The highest BCUT2D eigenvalue weighted by Gasteiger charge is 1.80. The lowest BCUT2D eigenvalue weighted by molar-refractivity contribution is 1.29. The second kappa shape index (κ2) is 3.83. The number of hydrogen-bond acceptors (Lipinski definition) is 1. The van der Waals surface area contributed by atoms with Crippen LogP contribution in [0.5, 0.6) is 0 Å². The Kier molecular flexibility index (Phi) is 2.68. The van der Waals surface area contributed by atoms with Crippen LogP contribution in [0.4, 0.5) is 0 Å². The minimum atomic E-state index is 0.816. The average Bonchev–Trinajstić information content (AvgIpc) is 2.03. The molecule has 0 bridgehead atoms. The van der Waals surface area contributed by atoms with Gasteiger partial charge in [0, 0.05) is 6.20 Å². The summed E-state index contributed by atoms with van der Waals surface area (Å²) in [6.45, 7) is 3.69. The van der Waals surface area contributed by atoms with E-state index in [2.05, 4.69) is 11.9 Å². The Morgan fingerprint density at radius 1 is 1.50 bits per heavy atom. The second-order valence-corrected chi connectivity index (χ2v) is 1.95. The minimum absolute atomic E-state index is 0.816. The minimum Gasteiger partial charge on any atom is -0.257 e. The maximum absolute atomic E-state index is 4.10. The van der Waals surface area contributed by atoms with Gasteiger partial charge in [-0.3, -0.25) is 4.98 Å². The van der Waals surface area contributed by atoms with E-state index in [-0.39, 0.29) is 0 Å². The van der Waals surface area contributed by atoms with Crippen LogP contribution in [0.2, 0.25) is 0 Å². The molecule has 0 fully saturated rings. The normalized spacial score (nSPS) is 10.5. The van der Waals surface area contributed by atoms with Gasteiger partial charge in [-0.25, -0.2) is 0 Å². The van der Waals surface area contributed by atoms with Crippen molar-refractivity contribution in [2.24, 2.45) is 0 Å². The molecule has 51 valence electrons. The molecule has 0 atom stereocenters. The molecule has 0 aromatic carbocycles. The molecule has 1 radical (unpaired) electrons. The summed E-state index contributed by atoms with van der Waals surface area (Å²) in [5.41, 5.74) is 0.992. The molecule has 0 aliphatic rings. The molecule has 1 rings (SSSR count). The lowest BCUT2D eigenvalue weighted by Crippen LogP contribution is -1.75. The van der Waals surface area contributed by atoms with Gasteiger partial charge in [-0.05, 0) is 31.6 Å². The number of rotatable bonds is 2. The van der Waals surface area contributed by atoms with Crippen molar-refractivity contribution < 1.29 is 0 Å². The fourth-order valence-corrected chi connectivity index (χ4v) is 0.679. The van der Waals surface area contributed by atoms with E-state index in [1.165, 1.54) is 0 Å². The zero-order chi connectivity index (χ0) is 7.23. The Hall–Kier alpha value is -1.11. The highest BCUT2D eigenvalue weighted by atomic mass is 14.6. The van der Waals surface area contributed by atoms with E-state index in [1.54, 1.807) is 6.20 Å². The first kappa shape index (κ1) is 7.00. The van der Waals surface area contributed by atoms with E-state index in [0.717, 1.165) is 12.1 Å². The Balaban J connectivity index is 2.67. The Morgan fingerprint density at radius 2 is 2.40 bits per heavy atom. The monoisotopic (exact) mass is 132 g/mol. The molecule has 10 heavy (non-hydrogen) atoms. The van der Waals surface area contributed by atoms with Crippen molar-refractivity contribution in [3.05, 3.63) is 43.1 Å². The van der Waals surface area contributed by atoms with E-state index in [4.69, 9.17) is 0 Å². The average molecular weight is 132 g/mol. The van der Waals surface area contributed by atoms with Gasteiger partial charge in [0.2, 0.25) is 0 Å². The van der Waals surface area contributed by atoms with E-state index in [9.17, 15) is 0 Å². The summed E-state index contributed by atoms with van der Waals surface area (Å²) in [5.74, 6) is 0. The van der Waals surface area contributed by atoms with Crippen LogP contribution in [0, 0.1) is 6.92 Å². The maximum atomic E-state index is 4.10. The topological polar surface area (TPSA) is 12.9 Å². The molecule has 1 heterocycles. The zero-order valence-electron chi connectivity index (χ0n) is 5.83. The van der Waals surface area contributed by atoms with Crippen molar-refractivity contribution in [3.63, 3.8) is 0 Å². The molecule has 0 spiro atoms. The first-order chi connectivity index (χ1) is 4.93. The van der Waals surface area contributed by atoms with Gasteiger partial charge in [-0.2, -0.15) is 0 Å². The third kappa shape index (κ3) is 2.02. The highest BCUT2D eigenvalue weighted by molar-refractivity contribution is 5.43. The Bertz CT molecular complexity index is 201. The third-order valence-corrected chi connectivity index (χ3v) is 1.14. The second-order valence-electron chi connectivity index (χ2n) is 1.95. The standard InChI is InChI=1S/C9H10N/c1-2-3-6-9-7-4-5-8-10-9/h3-8H,1-2H2/b6-3+. The van der Waals surface area contributed by atoms with Crippen molar-refractivity contribution >= 4 is 6.08 Å². The molecule has 0 saturated heterocycles. The van der Waals surface area contributed by atoms with Gasteiger partial charge in [0.1, 0.15) is 0 Å². The molecule has 0 amide bonds. The number of aromatic nitrogens is 1. The lowest BCUT2D eigenvalue weighted by atomic mass is 10.3. The molecule has 0 N–H and O–H groups in total. The highest BCUT2D eigenvalue weighted by Crippen LogP contribution is 1.96. The fraction of sp³-hybridized carbons (Fsp3) is 0.111. The quantitative estimate of drug-likeness (QED) is 0.601. The number of nitrogens with zero attached hydrogens (tertiary/aromatic N) is 1. The summed E-state index contributed by atoms with van der Waals surface area (Å²) >= 11 is 0. The summed E-state index contributed by atoms with van der Waals surface area (Å²) < 4.78 is 0. The smallest absolute Gasteiger partial charge is 0.0626 e. The molecule has 1 aromatic rings. The first-order valence-corrected chi connectivity index (χ1v) is 3.30. The van der Waals surface area contributed by atoms with E-state index < -0.39 is 0 Å². The van der Waals surface area contributed by atoms with E-state index in [1.807, 2.05) is 30.4 Å². The molecule has 1 aromatic heterocycles. The molecule has 1 nitrogen and oxygen atoms in total. The van der Waals surface area contributed by atoms with Crippen LogP contribution >= 0.6 is 0 Å². The third-order valence-electron chi connectivity index (χ3n) is 1.14. The Morgan fingerprint density at radius 3 is 3.00 bits per heavy atom. The van der Waals surface area contributed by atoms with Gasteiger partial charge < -0.3 is 0 Å². The van der Waals surface area contributed by atoms with Crippen LogP contribution < -0.4 is 0 Å². The van der Waals surface area contributed by atoms with Crippen molar-refractivity contribution in [1.29, 1.82) is 0 Å². The van der Waals surface area contributed by atoms with Gasteiger partial charge in [0.05, 0.1) is 5.69 Å². The van der Waals surface area contributed by atoms with Gasteiger partial charge in [-0.15, -0.1) is 0 Å². The molecular weight excluding hydrogens is 122 g/mol. The van der Waals surface area contributed by atoms with Crippen LogP contribution in [0.3, 0.4) is 0 Å². The number of hydrogen-bond donors (Lipinski definition) is 0. The van der Waals surface area contributed by atoms with Crippen LogP contribution in [0.25, 0.3) is 6.08 Å². The van der Waals surface area contributed by atoms with Gasteiger partial charge >= 0.3 is 0 Å². The molecule has 0 aliphatic carbocycles. The summed E-state index contributed by atoms with van der Waals surface area (Å²) in [6, 6.07) is 5.84. The summed E-state index contributed by atoms with van der Waals surface area (Å²) in [7, 11) is 0. The van der Waals surface area contributed by atoms with Crippen molar-refractivity contribution in [2.75, 3.05) is 0 Å². The summed E-state index contributed by atoms with van der Waals surface area (Å²) in [6.07, 6.45) is 6.55. The first-order valence-electron chi connectivity index (χ1n) is 3.30. The summed E-state index contributed by atoms with van der Waals surface area (Å²) in [4.78, 5) is 4.10. The maximum Gasteiger partial charge on any atom is 0.0626 e. The largest absolute Gasteiger partial charge is 0.257 e. The molecule has 1 heteroatoms. The molecule has 0 aliphatic heterocycles. The van der Waals surface area contributed by atoms with Crippen LogP contribution in [-0.4, -0.2) is 4.98 Å². The number of allylic oxidation sites excluding steroid dienone is 1. The van der Waals surface area contributed by atoms with Crippen LogP contribution in [0.1, 0.15) is 12.1 Å². The van der Waals surface area contributed by atoms with Gasteiger partial charge in [0.25, 0.3) is 0 Å². The van der Waals surface area contributed by atoms with Gasteiger partial charge in [-0.1, -0.05) is 12.1 Å². The lowest BCUT2D eigenvalue weighted by Gasteiger charge is -1.87.